The van der Waals surface area contributed by atoms with Gasteiger partial charge in [0.25, 0.3) is 0 Å². The van der Waals surface area contributed by atoms with E-state index in [-0.39, 0.29) is 5.41 Å². The number of hydrogen-bond donors (Lipinski definition) is 0. The number of hydrogen-bond acceptors (Lipinski definition) is 4. The first-order chi connectivity index (χ1) is 8.20. The number of ether oxygens (including phenoxy) is 3. The maximum atomic E-state index is 5.78. The van der Waals surface area contributed by atoms with Gasteiger partial charge in [0, 0.05) is 26.2 Å². The predicted octanol–water partition coefficient (Wildman–Crippen LogP) is 1.15. The Hall–Kier alpha value is -0.160. The topological polar surface area (TPSA) is 30.9 Å². The summed E-state index contributed by atoms with van der Waals surface area (Å²) in [4.78, 5) is 2.50. The Morgan fingerprint density at radius 1 is 1.18 bits per heavy atom. The summed E-state index contributed by atoms with van der Waals surface area (Å²) >= 11 is 0. The molecule has 0 unspecified atom stereocenters. The Kier molecular flexibility index (Phi) is 4.79. The molecule has 0 saturated carbocycles. The van der Waals surface area contributed by atoms with Crippen LogP contribution in [0.2, 0.25) is 0 Å². The van der Waals surface area contributed by atoms with E-state index in [9.17, 15) is 0 Å². The van der Waals surface area contributed by atoms with Gasteiger partial charge in [-0.3, -0.25) is 0 Å². The second kappa shape index (κ2) is 6.14. The molecule has 100 valence electrons. The highest BCUT2D eigenvalue weighted by Gasteiger charge is 2.40. The molecule has 0 aromatic carbocycles. The van der Waals surface area contributed by atoms with Crippen LogP contribution in [0.25, 0.3) is 0 Å². The van der Waals surface area contributed by atoms with Gasteiger partial charge in [-0.15, -0.1) is 0 Å². The fourth-order valence-corrected chi connectivity index (χ4v) is 2.38. The molecule has 2 aliphatic rings. The van der Waals surface area contributed by atoms with Gasteiger partial charge in [-0.2, -0.15) is 0 Å². The molecule has 2 fully saturated rings. The minimum Gasteiger partial charge on any atom is -0.380 e. The summed E-state index contributed by atoms with van der Waals surface area (Å²) in [5, 5.41) is 0. The normalized spacial score (nSPS) is 25.6. The van der Waals surface area contributed by atoms with E-state index in [1.54, 1.807) is 0 Å². The second-order valence-corrected chi connectivity index (χ2v) is 5.59. The van der Waals surface area contributed by atoms with Crippen molar-refractivity contribution in [2.45, 2.75) is 26.4 Å². The Morgan fingerprint density at radius 3 is 2.65 bits per heavy atom. The van der Waals surface area contributed by atoms with Crippen LogP contribution in [-0.2, 0) is 14.2 Å². The fourth-order valence-electron chi connectivity index (χ4n) is 2.38. The number of rotatable bonds is 5. The largest absolute Gasteiger partial charge is 0.380 e. The molecular weight excluding hydrogens is 218 g/mol. The molecule has 0 radical (unpaired) electrons. The van der Waals surface area contributed by atoms with E-state index in [1.165, 1.54) is 0 Å². The monoisotopic (exact) mass is 243 g/mol. The van der Waals surface area contributed by atoms with Gasteiger partial charge in [0.05, 0.1) is 37.9 Å². The molecule has 17 heavy (non-hydrogen) atoms. The lowest BCUT2D eigenvalue weighted by atomic mass is 9.86. The van der Waals surface area contributed by atoms with E-state index < -0.39 is 0 Å². The van der Waals surface area contributed by atoms with Gasteiger partial charge in [0.15, 0.2) is 0 Å². The Labute approximate surface area is 104 Å². The lowest BCUT2D eigenvalue weighted by molar-refractivity contribution is -0.165. The van der Waals surface area contributed by atoms with Crippen molar-refractivity contribution in [1.82, 2.24) is 4.90 Å². The van der Waals surface area contributed by atoms with Gasteiger partial charge in [0.1, 0.15) is 0 Å². The zero-order chi connectivity index (χ0) is 12.1. The average Bonchev–Trinajstić information content (AvgIpc) is 2.50. The van der Waals surface area contributed by atoms with Gasteiger partial charge >= 0.3 is 0 Å². The Morgan fingerprint density at radius 2 is 2.00 bits per heavy atom. The van der Waals surface area contributed by atoms with Crippen molar-refractivity contribution in [3.05, 3.63) is 0 Å². The van der Waals surface area contributed by atoms with Gasteiger partial charge < -0.3 is 19.1 Å². The summed E-state index contributed by atoms with van der Waals surface area (Å²) in [7, 11) is 0. The van der Waals surface area contributed by atoms with E-state index >= 15 is 0 Å². The van der Waals surface area contributed by atoms with Gasteiger partial charge in [-0.1, -0.05) is 0 Å². The minimum absolute atomic E-state index is 0.231. The van der Waals surface area contributed by atoms with E-state index in [1.807, 2.05) is 0 Å². The molecule has 0 spiro atoms. The zero-order valence-electron chi connectivity index (χ0n) is 11.1. The van der Waals surface area contributed by atoms with E-state index in [0.29, 0.717) is 6.10 Å². The smallest absolute Gasteiger partial charge is 0.0593 e. The lowest BCUT2D eigenvalue weighted by Crippen LogP contribution is -2.54. The van der Waals surface area contributed by atoms with Crippen LogP contribution in [0.4, 0.5) is 0 Å². The van der Waals surface area contributed by atoms with Crippen molar-refractivity contribution >= 4 is 0 Å². The Bertz CT molecular complexity index is 221. The molecule has 0 aromatic rings. The highest BCUT2D eigenvalue weighted by Crippen LogP contribution is 2.29. The van der Waals surface area contributed by atoms with Crippen molar-refractivity contribution in [3.8, 4) is 0 Å². The molecule has 0 aliphatic carbocycles. The van der Waals surface area contributed by atoms with E-state index in [2.05, 4.69) is 18.7 Å². The molecule has 4 nitrogen and oxygen atoms in total. The molecule has 0 bridgehead atoms. The van der Waals surface area contributed by atoms with Crippen LogP contribution in [0.5, 0.6) is 0 Å². The molecule has 2 saturated heterocycles. The van der Waals surface area contributed by atoms with Crippen LogP contribution in [-0.4, -0.2) is 63.7 Å². The van der Waals surface area contributed by atoms with Crippen molar-refractivity contribution in [2.24, 2.45) is 5.41 Å². The molecular formula is C13H25NO3. The van der Waals surface area contributed by atoms with Crippen molar-refractivity contribution in [3.63, 3.8) is 0 Å². The third-order valence-electron chi connectivity index (χ3n) is 3.41. The number of nitrogens with zero attached hydrogens (tertiary/aromatic N) is 1. The van der Waals surface area contributed by atoms with Crippen LogP contribution >= 0.6 is 0 Å². The molecule has 2 heterocycles. The van der Waals surface area contributed by atoms with Crippen molar-refractivity contribution in [1.29, 1.82) is 0 Å². The lowest BCUT2D eigenvalue weighted by Gasteiger charge is -2.44. The first kappa shape index (κ1) is 13.3. The standard InChI is InChI=1S/C13H25NO3/c1-12(2)17-11-13(9-16-10-13)8-14-4-3-6-15-7-5-14/h12H,3-11H2,1-2H3. The summed E-state index contributed by atoms with van der Waals surface area (Å²) < 4.78 is 16.7. The first-order valence-electron chi connectivity index (χ1n) is 6.70. The summed E-state index contributed by atoms with van der Waals surface area (Å²) in [5.41, 5.74) is 0.231. The van der Waals surface area contributed by atoms with Gasteiger partial charge in [-0.25, -0.2) is 0 Å². The molecule has 0 amide bonds. The summed E-state index contributed by atoms with van der Waals surface area (Å²) in [6.45, 7) is 11.7. The first-order valence-corrected chi connectivity index (χ1v) is 6.70. The second-order valence-electron chi connectivity index (χ2n) is 5.59. The predicted molar refractivity (Wildman–Crippen MR) is 66.2 cm³/mol. The van der Waals surface area contributed by atoms with Crippen LogP contribution in [0, 0.1) is 5.41 Å². The third-order valence-corrected chi connectivity index (χ3v) is 3.41. The van der Waals surface area contributed by atoms with Crippen molar-refractivity contribution in [2.75, 3.05) is 52.7 Å². The highest BCUT2D eigenvalue weighted by molar-refractivity contribution is 4.89. The minimum atomic E-state index is 0.231. The molecule has 4 heteroatoms. The quantitative estimate of drug-likeness (QED) is 0.725. The summed E-state index contributed by atoms with van der Waals surface area (Å²) in [6, 6.07) is 0. The summed E-state index contributed by atoms with van der Waals surface area (Å²) in [6.07, 6.45) is 1.45. The molecule has 0 aromatic heterocycles. The van der Waals surface area contributed by atoms with E-state index in [4.69, 9.17) is 14.2 Å². The van der Waals surface area contributed by atoms with Gasteiger partial charge in [0.2, 0.25) is 0 Å². The van der Waals surface area contributed by atoms with Crippen LogP contribution in [0.3, 0.4) is 0 Å². The third kappa shape index (κ3) is 3.91. The fraction of sp³-hybridized carbons (Fsp3) is 1.00. The molecule has 2 aliphatic heterocycles. The highest BCUT2D eigenvalue weighted by atomic mass is 16.5. The van der Waals surface area contributed by atoms with E-state index in [0.717, 1.165) is 59.1 Å². The van der Waals surface area contributed by atoms with Crippen LogP contribution in [0.15, 0.2) is 0 Å². The zero-order valence-corrected chi connectivity index (χ0v) is 11.1. The van der Waals surface area contributed by atoms with Gasteiger partial charge in [-0.05, 0) is 20.3 Å². The molecule has 0 N–H and O–H groups in total. The van der Waals surface area contributed by atoms with Crippen LogP contribution < -0.4 is 0 Å². The molecule has 2 rings (SSSR count). The van der Waals surface area contributed by atoms with Crippen molar-refractivity contribution < 1.29 is 14.2 Å². The average molecular weight is 243 g/mol. The Balaban J connectivity index is 1.80. The van der Waals surface area contributed by atoms with Crippen LogP contribution in [0.1, 0.15) is 20.3 Å². The maximum absolute atomic E-state index is 5.78. The summed E-state index contributed by atoms with van der Waals surface area (Å²) in [5.74, 6) is 0. The molecule has 0 atom stereocenters. The maximum Gasteiger partial charge on any atom is 0.0593 e. The SMILES string of the molecule is CC(C)OCC1(CN2CCCOCC2)COC1.